The fraction of sp³-hybridized carbons (Fsp3) is 0.333. The molecule has 0 spiro atoms. The number of aryl methyl sites for hydroxylation is 1. The minimum Gasteiger partial charge on any atom is -0.374 e. The number of nitrogen functional groups attached to an aromatic ring is 1. The molecule has 0 unspecified atom stereocenters. The van der Waals surface area contributed by atoms with E-state index < -0.39 is 0 Å². The van der Waals surface area contributed by atoms with E-state index in [-0.39, 0.29) is 18.4 Å². The molecule has 2 aromatic heterocycles. The number of anilines is 1. The molecule has 0 saturated carbocycles. The fourth-order valence-corrected chi connectivity index (χ4v) is 4.10. The van der Waals surface area contributed by atoms with Gasteiger partial charge in [0.05, 0.1) is 25.3 Å². The lowest BCUT2D eigenvalue weighted by Gasteiger charge is -2.32. The van der Waals surface area contributed by atoms with Gasteiger partial charge in [0.1, 0.15) is 11.1 Å². The summed E-state index contributed by atoms with van der Waals surface area (Å²) in [5, 5.41) is 8.73. The summed E-state index contributed by atoms with van der Waals surface area (Å²) in [5.74, 6) is 0.00612. The van der Waals surface area contributed by atoms with Gasteiger partial charge >= 0.3 is 0 Å². The highest BCUT2D eigenvalue weighted by atomic mass is 32.1. The van der Waals surface area contributed by atoms with Crippen LogP contribution >= 0.6 is 11.3 Å². The molecule has 0 bridgehead atoms. The molecule has 1 fully saturated rings. The van der Waals surface area contributed by atoms with E-state index in [0.29, 0.717) is 29.8 Å². The van der Waals surface area contributed by atoms with E-state index in [4.69, 9.17) is 10.5 Å². The third-order valence-corrected chi connectivity index (χ3v) is 5.57. The Balaban J connectivity index is 1.46. The zero-order valence-corrected chi connectivity index (χ0v) is 17.1. The van der Waals surface area contributed by atoms with Crippen molar-refractivity contribution in [3.8, 4) is 0 Å². The SMILES string of the molecule is Cc1cc(Cc2ccccc2)cc([C@@H]2CN(C(=O)Cc3nnc(N)s3)CCO2)n1. The van der Waals surface area contributed by atoms with E-state index in [1.165, 1.54) is 22.5 Å². The highest BCUT2D eigenvalue weighted by molar-refractivity contribution is 7.15. The molecule has 1 aromatic carbocycles. The van der Waals surface area contributed by atoms with Gasteiger partial charge in [-0.3, -0.25) is 9.78 Å². The Morgan fingerprint density at radius 2 is 2.07 bits per heavy atom. The zero-order chi connectivity index (χ0) is 20.2. The minimum atomic E-state index is -0.235. The second-order valence-corrected chi connectivity index (χ2v) is 8.21. The van der Waals surface area contributed by atoms with E-state index in [0.717, 1.165) is 17.8 Å². The van der Waals surface area contributed by atoms with Gasteiger partial charge in [-0.1, -0.05) is 41.7 Å². The molecule has 2 N–H and O–H groups in total. The highest BCUT2D eigenvalue weighted by Crippen LogP contribution is 2.24. The summed E-state index contributed by atoms with van der Waals surface area (Å²) >= 11 is 1.25. The normalized spacial score (nSPS) is 16.7. The van der Waals surface area contributed by atoms with Crippen molar-refractivity contribution in [2.24, 2.45) is 0 Å². The molecule has 4 rings (SSSR count). The number of nitrogens with two attached hydrogens (primary N) is 1. The van der Waals surface area contributed by atoms with Crippen molar-refractivity contribution in [2.75, 3.05) is 25.4 Å². The van der Waals surface area contributed by atoms with Crippen LogP contribution in [0.15, 0.2) is 42.5 Å². The van der Waals surface area contributed by atoms with Crippen LogP contribution in [0.2, 0.25) is 0 Å². The van der Waals surface area contributed by atoms with Gasteiger partial charge in [-0.2, -0.15) is 0 Å². The predicted molar refractivity (Wildman–Crippen MR) is 112 cm³/mol. The van der Waals surface area contributed by atoms with E-state index in [9.17, 15) is 4.79 Å². The molecule has 29 heavy (non-hydrogen) atoms. The van der Waals surface area contributed by atoms with Crippen LogP contribution in [-0.2, 0) is 22.4 Å². The molecule has 1 amide bonds. The maximum atomic E-state index is 12.7. The number of rotatable bonds is 5. The van der Waals surface area contributed by atoms with Crippen molar-refractivity contribution in [1.29, 1.82) is 0 Å². The number of carbonyl (C=O) groups is 1. The zero-order valence-electron chi connectivity index (χ0n) is 16.2. The fourth-order valence-electron chi connectivity index (χ4n) is 3.50. The van der Waals surface area contributed by atoms with Crippen molar-refractivity contribution < 1.29 is 9.53 Å². The van der Waals surface area contributed by atoms with E-state index >= 15 is 0 Å². The maximum Gasteiger partial charge on any atom is 0.229 e. The van der Waals surface area contributed by atoms with E-state index in [1.807, 2.05) is 30.0 Å². The predicted octanol–water partition coefficient (Wildman–Crippen LogP) is 2.56. The molecular weight excluding hydrogens is 386 g/mol. The summed E-state index contributed by atoms with van der Waals surface area (Å²) in [6.07, 6.45) is 0.814. The molecular formula is C21H23N5O2S. The second kappa shape index (κ2) is 8.67. The number of nitrogens with zero attached hydrogens (tertiary/aromatic N) is 4. The van der Waals surface area contributed by atoms with Crippen LogP contribution in [0.4, 0.5) is 5.13 Å². The lowest BCUT2D eigenvalue weighted by atomic mass is 10.0. The van der Waals surface area contributed by atoms with E-state index in [1.54, 1.807) is 0 Å². The number of carbonyl (C=O) groups excluding carboxylic acids is 1. The molecule has 1 atom stereocenters. The summed E-state index contributed by atoms with van der Waals surface area (Å²) in [6, 6.07) is 14.5. The Kier molecular flexibility index (Phi) is 5.82. The van der Waals surface area contributed by atoms with Crippen molar-refractivity contribution in [2.45, 2.75) is 25.9 Å². The van der Waals surface area contributed by atoms with Crippen molar-refractivity contribution in [3.63, 3.8) is 0 Å². The third kappa shape index (κ3) is 4.96. The average Bonchev–Trinajstić information content (AvgIpc) is 3.13. The topological polar surface area (TPSA) is 94.2 Å². The summed E-state index contributed by atoms with van der Waals surface area (Å²) < 4.78 is 5.96. The number of amides is 1. The number of morpholine rings is 1. The second-order valence-electron chi connectivity index (χ2n) is 7.11. The first-order chi connectivity index (χ1) is 14.1. The van der Waals surface area contributed by atoms with Crippen LogP contribution in [0.5, 0.6) is 0 Å². The largest absolute Gasteiger partial charge is 0.374 e. The number of aromatic nitrogens is 3. The highest BCUT2D eigenvalue weighted by Gasteiger charge is 2.27. The van der Waals surface area contributed by atoms with E-state index in [2.05, 4.69) is 39.4 Å². The summed E-state index contributed by atoms with van der Waals surface area (Å²) in [6.45, 7) is 3.52. The summed E-state index contributed by atoms with van der Waals surface area (Å²) in [4.78, 5) is 19.2. The standard InChI is InChI=1S/C21H23N5O2S/c1-14-9-16(10-15-5-3-2-4-6-15)11-17(23-14)18-13-26(7-8-28-18)20(27)12-19-24-25-21(22)29-19/h2-6,9,11,18H,7-8,10,12-13H2,1H3,(H2,22,25)/t18-/m0/s1. The van der Waals surface area contributed by atoms with Gasteiger partial charge in [0, 0.05) is 12.2 Å². The third-order valence-electron chi connectivity index (χ3n) is 4.82. The molecule has 1 aliphatic heterocycles. The van der Waals surface area contributed by atoms with Crippen molar-refractivity contribution in [1.82, 2.24) is 20.1 Å². The summed E-state index contributed by atoms with van der Waals surface area (Å²) in [5.41, 5.74) is 9.87. The Labute approximate surface area is 173 Å². The lowest BCUT2D eigenvalue weighted by molar-refractivity contribution is -0.138. The number of pyridine rings is 1. The Bertz CT molecular complexity index is 992. The quantitative estimate of drug-likeness (QED) is 0.696. The molecule has 8 heteroatoms. The molecule has 0 aliphatic carbocycles. The van der Waals surface area contributed by atoms with Gasteiger partial charge in [0.25, 0.3) is 0 Å². The van der Waals surface area contributed by atoms with Crippen LogP contribution in [0.3, 0.4) is 0 Å². The molecule has 7 nitrogen and oxygen atoms in total. The minimum absolute atomic E-state index is 0.00612. The van der Waals surface area contributed by atoms with Gasteiger partial charge in [0.15, 0.2) is 0 Å². The van der Waals surface area contributed by atoms with Crippen LogP contribution in [-0.4, -0.2) is 45.7 Å². The maximum absolute atomic E-state index is 12.7. The molecule has 0 radical (unpaired) electrons. The molecule has 3 aromatic rings. The van der Waals surface area contributed by atoms with Crippen LogP contribution < -0.4 is 5.73 Å². The van der Waals surface area contributed by atoms with Gasteiger partial charge in [-0.05, 0) is 36.6 Å². The Hall–Kier alpha value is -2.84. The smallest absolute Gasteiger partial charge is 0.229 e. The average molecular weight is 410 g/mol. The number of benzene rings is 1. The first-order valence-electron chi connectivity index (χ1n) is 9.55. The molecule has 1 saturated heterocycles. The molecule has 150 valence electrons. The van der Waals surface area contributed by atoms with Crippen molar-refractivity contribution in [3.05, 3.63) is 70.0 Å². The van der Waals surface area contributed by atoms with Crippen molar-refractivity contribution >= 4 is 22.4 Å². The Morgan fingerprint density at radius 1 is 1.24 bits per heavy atom. The number of hydrogen-bond donors (Lipinski definition) is 1. The van der Waals surface area contributed by atoms with Crippen LogP contribution in [0, 0.1) is 6.92 Å². The Morgan fingerprint density at radius 3 is 2.83 bits per heavy atom. The monoisotopic (exact) mass is 409 g/mol. The molecule has 1 aliphatic rings. The van der Waals surface area contributed by atoms with Crippen LogP contribution in [0.25, 0.3) is 0 Å². The molecule has 3 heterocycles. The van der Waals surface area contributed by atoms with Crippen LogP contribution in [0.1, 0.15) is 33.6 Å². The lowest BCUT2D eigenvalue weighted by Crippen LogP contribution is -2.43. The van der Waals surface area contributed by atoms with Gasteiger partial charge < -0.3 is 15.4 Å². The van der Waals surface area contributed by atoms with Gasteiger partial charge in [-0.15, -0.1) is 10.2 Å². The first kappa shape index (κ1) is 19.5. The summed E-state index contributed by atoms with van der Waals surface area (Å²) in [7, 11) is 0. The number of hydrogen-bond acceptors (Lipinski definition) is 7. The number of ether oxygens (including phenoxy) is 1. The first-order valence-corrected chi connectivity index (χ1v) is 10.4. The van der Waals surface area contributed by atoms with Gasteiger partial charge in [0.2, 0.25) is 11.0 Å². The van der Waals surface area contributed by atoms with Gasteiger partial charge in [-0.25, -0.2) is 0 Å².